The second-order valence-corrected chi connectivity index (χ2v) is 5.73. The first-order valence-electron chi connectivity index (χ1n) is 6.12. The fraction of sp³-hybridized carbons (Fsp3) is 0.545. The third-order valence-electron chi connectivity index (χ3n) is 2.95. The van der Waals surface area contributed by atoms with Gasteiger partial charge in [-0.15, -0.1) is 16.4 Å². The third kappa shape index (κ3) is 3.27. The average molecular weight is 298 g/mol. The van der Waals surface area contributed by atoms with Gasteiger partial charge in [0.1, 0.15) is 4.88 Å². The van der Waals surface area contributed by atoms with Gasteiger partial charge in [0.2, 0.25) is 0 Å². The van der Waals surface area contributed by atoms with E-state index < -0.39 is 0 Å². The van der Waals surface area contributed by atoms with Crippen LogP contribution in [-0.2, 0) is 11.2 Å². The summed E-state index contributed by atoms with van der Waals surface area (Å²) < 4.78 is 10.6. The van der Waals surface area contributed by atoms with E-state index in [1.807, 2.05) is 0 Å². The molecule has 1 N–H and O–H groups in total. The van der Waals surface area contributed by atoms with E-state index in [1.54, 1.807) is 17.5 Å². The molecule has 102 valence electrons. The lowest BCUT2D eigenvalue weighted by atomic mass is 10.3. The normalized spacial score (nSPS) is 16.8. The smallest absolute Gasteiger partial charge is 0.284 e. The molecule has 0 amide bonds. The maximum absolute atomic E-state index is 5.33. The number of hydrogen-bond acceptors (Lipinski definition) is 7. The minimum absolute atomic E-state index is 0.290. The molecule has 0 unspecified atom stereocenters. The number of aromatic amines is 1. The zero-order valence-electron chi connectivity index (χ0n) is 10.3. The van der Waals surface area contributed by atoms with E-state index in [4.69, 9.17) is 21.4 Å². The maximum Gasteiger partial charge on any atom is 0.284 e. The summed E-state index contributed by atoms with van der Waals surface area (Å²) in [5.41, 5.74) is 0. The van der Waals surface area contributed by atoms with E-state index in [0.717, 1.165) is 49.2 Å². The second kappa shape index (κ2) is 5.91. The highest BCUT2D eigenvalue weighted by Crippen LogP contribution is 2.24. The molecule has 1 aliphatic heterocycles. The van der Waals surface area contributed by atoms with Crippen LogP contribution in [0.25, 0.3) is 10.8 Å². The molecule has 1 saturated heterocycles. The monoisotopic (exact) mass is 298 g/mol. The molecule has 0 aliphatic carbocycles. The molecule has 0 saturated carbocycles. The zero-order valence-corrected chi connectivity index (χ0v) is 11.9. The highest BCUT2D eigenvalue weighted by atomic mass is 32.1. The van der Waals surface area contributed by atoms with Crippen LogP contribution in [0.3, 0.4) is 0 Å². The van der Waals surface area contributed by atoms with Crippen LogP contribution in [0.15, 0.2) is 10.6 Å². The van der Waals surface area contributed by atoms with Crippen molar-refractivity contribution in [2.45, 2.75) is 6.42 Å². The van der Waals surface area contributed by atoms with Crippen molar-refractivity contribution in [1.82, 2.24) is 20.1 Å². The fourth-order valence-electron chi connectivity index (χ4n) is 1.94. The number of rotatable bonds is 4. The Labute approximate surface area is 119 Å². The first-order chi connectivity index (χ1) is 9.31. The van der Waals surface area contributed by atoms with Gasteiger partial charge in [0, 0.05) is 26.1 Å². The summed E-state index contributed by atoms with van der Waals surface area (Å²) in [4.78, 5) is 7.99. The summed E-state index contributed by atoms with van der Waals surface area (Å²) in [5.74, 6) is 0.514. The van der Waals surface area contributed by atoms with Gasteiger partial charge in [0.25, 0.3) is 10.7 Å². The highest BCUT2D eigenvalue weighted by Gasteiger charge is 2.13. The molecule has 19 heavy (non-hydrogen) atoms. The molecule has 0 atom stereocenters. The quantitative estimate of drug-likeness (QED) is 0.867. The van der Waals surface area contributed by atoms with Crippen LogP contribution in [0.1, 0.15) is 5.01 Å². The number of hydrogen-bond donors (Lipinski definition) is 1. The molecule has 3 heterocycles. The molecule has 2 aromatic heterocycles. The predicted octanol–water partition coefficient (Wildman–Crippen LogP) is 1.73. The van der Waals surface area contributed by atoms with Gasteiger partial charge in [-0.25, -0.2) is 10.1 Å². The Hall–Kier alpha value is -1.09. The van der Waals surface area contributed by atoms with Crippen molar-refractivity contribution in [3.8, 4) is 10.8 Å². The number of thiazole rings is 1. The van der Waals surface area contributed by atoms with Gasteiger partial charge in [-0.05, 0) is 12.2 Å². The van der Waals surface area contributed by atoms with Crippen LogP contribution >= 0.6 is 23.6 Å². The van der Waals surface area contributed by atoms with Crippen LogP contribution in [-0.4, -0.2) is 52.9 Å². The minimum atomic E-state index is 0.290. The van der Waals surface area contributed by atoms with E-state index in [2.05, 4.69) is 20.1 Å². The number of morpholine rings is 1. The van der Waals surface area contributed by atoms with Crippen LogP contribution < -0.4 is 0 Å². The van der Waals surface area contributed by atoms with Crippen molar-refractivity contribution in [3.05, 3.63) is 16.0 Å². The first-order valence-corrected chi connectivity index (χ1v) is 7.34. The molecule has 0 spiro atoms. The maximum atomic E-state index is 5.33. The molecule has 2 aromatic rings. The third-order valence-corrected chi connectivity index (χ3v) is 4.17. The molecule has 1 aliphatic rings. The van der Waals surface area contributed by atoms with Crippen molar-refractivity contribution in [2.75, 3.05) is 32.8 Å². The fourth-order valence-corrected chi connectivity index (χ4v) is 2.90. The molecule has 6 nitrogen and oxygen atoms in total. The molecule has 0 aromatic carbocycles. The average Bonchev–Trinajstić information content (AvgIpc) is 3.06. The number of H-pyrrole nitrogens is 1. The van der Waals surface area contributed by atoms with Gasteiger partial charge >= 0.3 is 0 Å². The van der Waals surface area contributed by atoms with Crippen molar-refractivity contribution in [2.24, 2.45) is 0 Å². The van der Waals surface area contributed by atoms with Crippen LogP contribution in [0.5, 0.6) is 0 Å². The first kappa shape index (κ1) is 12.9. The van der Waals surface area contributed by atoms with Gasteiger partial charge in [-0.3, -0.25) is 4.90 Å². The van der Waals surface area contributed by atoms with Crippen molar-refractivity contribution in [1.29, 1.82) is 0 Å². The number of nitrogens with one attached hydrogen (secondary N) is 1. The summed E-state index contributed by atoms with van der Waals surface area (Å²) in [6, 6.07) is 0. The van der Waals surface area contributed by atoms with Crippen LogP contribution in [0.2, 0.25) is 0 Å². The molecular weight excluding hydrogens is 284 g/mol. The number of ether oxygens (including phenoxy) is 1. The Bertz CT molecular complexity index is 585. The highest BCUT2D eigenvalue weighted by molar-refractivity contribution is 7.71. The van der Waals surface area contributed by atoms with Gasteiger partial charge in [-0.1, -0.05) is 0 Å². The summed E-state index contributed by atoms with van der Waals surface area (Å²) in [6.45, 7) is 4.69. The summed E-state index contributed by atoms with van der Waals surface area (Å²) in [5, 5.41) is 7.70. The Kier molecular flexibility index (Phi) is 4.02. The Balaban J connectivity index is 1.60. The molecule has 3 rings (SSSR count). The zero-order chi connectivity index (χ0) is 13.1. The molecule has 0 radical (unpaired) electrons. The Morgan fingerprint density at radius 3 is 3.00 bits per heavy atom. The van der Waals surface area contributed by atoms with E-state index in [-0.39, 0.29) is 0 Å². The minimum Gasteiger partial charge on any atom is -0.408 e. The lowest BCUT2D eigenvalue weighted by Crippen LogP contribution is -2.37. The van der Waals surface area contributed by atoms with Crippen LogP contribution in [0, 0.1) is 4.84 Å². The Morgan fingerprint density at radius 2 is 2.26 bits per heavy atom. The van der Waals surface area contributed by atoms with E-state index >= 15 is 0 Å². The summed E-state index contributed by atoms with van der Waals surface area (Å²) in [7, 11) is 0. The van der Waals surface area contributed by atoms with E-state index in [9.17, 15) is 0 Å². The lowest BCUT2D eigenvalue weighted by molar-refractivity contribution is 0.0384. The summed E-state index contributed by atoms with van der Waals surface area (Å²) >= 11 is 6.45. The number of aromatic nitrogens is 3. The second-order valence-electron chi connectivity index (χ2n) is 4.24. The van der Waals surface area contributed by atoms with Gasteiger partial charge in [0.05, 0.1) is 24.4 Å². The largest absolute Gasteiger partial charge is 0.408 e. The van der Waals surface area contributed by atoms with Crippen molar-refractivity contribution in [3.63, 3.8) is 0 Å². The van der Waals surface area contributed by atoms with E-state index in [1.165, 1.54) is 0 Å². The standard InChI is InChI=1S/C11H14N4O2S2/c18-11-14-13-10(17-11)8-7-12-9(19-8)1-2-15-3-5-16-6-4-15/h7H,1-6H2,(H,14,18). The summed E-state index contributed by atoms with van der Waals surface area (Å²) in [6.07, 6.45) is 2.73. The van der Waals surface area contributed by atoms with Gasteiger partial charge < -0.3 is 9.15 Å². The topological polar surface area (TPSA) is 67.2 Å². The predicted molar refractivity (Wildman–Crippen MR) is 73.8 cm³/mol. The SMILES string of the molecule is S=c1[nH]nc(-c2cnc(CCN3CCOCC3)s2)o1. The van der Waals surface area contributed by atoms with Crippen molar-refractivity contribution >= 4 is 23.6 Å². The molecule has 1 fully saturated rings. The number of nitrogens with zero attached hydrogens (tertiary/aromatic N) is 3. The van der Waals surface area contributed by atoms with Gasteiger partial charge in [-0.2, -0.15) is 0 Å². The van der Waals surface area contributed by atoms with Crippen molar-refractivity contribution < 1.29 is 9.15 Å². The van der Waals surface area contributed by atoms with E-state index in [0.29, 0.717) is 10.7 Å². The lowest BCUT2D eigenvalue weighted by Gasteiger charge is -2.25. The molecule has 0 bridgehead atoms. The van der Waals surface area contributed by atoms with Crippen LogP contribution in [0.4, 0.5) is 0 Å². The Morgan fingerprint density at radius 1 is 1.42 bits per heavy atom. The molecule has 8 heteroatoms. The van der Waals surface area contributed by atoms with Gasteiger partial charge in [0.15, 0.2) is 0 Å². The molecular formula is C11H14N4O2S2.